The van der Waals surface area contributed by atoms with Crippen LogP contribution in [-0.4, -0.2) is 48.7 Å². The van der Waals surface area contributed by atoms with Gasteiger partial charge in [-0.3, -0.25) is 4.98 Å². The van der Waals surface area contributed by atoms with Crippen molar-refractivity contribution in [2.45, 2.75) is 27.7 Å². The Balaban J connectivity index is -0.000000128. The van der Waals surface area contributed by atoms with Crippen molar-refractivity contribution in [3.63, 3.8) is 0 Å². The first-order valence-corrected chi connectivity index (χ1v) is 7.35. The molecule has 0 aliphatic carbocycles. The van der Waals surface area contributed by atoms with E-state index in [-0.39, 0.29) is 16.8 Å². The molecule has 151 valence electrons. The standard InChI is InChI=1S/C5H5N.2C4H8N2O2.CHCl2.Co/c1-2-4-6-5-3-1;2*1-3(5-7)4(2)6-8;2-1-3;/h1-5H;2*7-8H,1-2H3;1H;/q;;;-1;/b;2*5-3+,6-4+;;. The summed E-state index contributed by atoms with van der Waals surface area (Å²) in [6.45, 7) is 6.15. The Bertz CT molecular complexity index is 453. The zero-order chi connectivity index (χ0) is 20.1. The molecule has 0 aliphatic heterocycles. The molecule has 1 rings (SSSR count). The first-order chi connectivity index (χ1) is 11.9. The normalized spacial score (nSPS) is 11.3. The first kappa shape index (κ1) is 31.8. The number of rotatable bonds is 2. The molecule has 0 fully saturated rings. The molecule has 0 atom stereocenters. The van der Waals surface area contributed by atoms with Gasteiger partial charge in [0.1, 0.15) is 22.8 Å². The molecule has 1 aromatic heterocycles. The van der Waals surface area contributed by atoms with Crippen LogP contribution in [0.5, 0.6) is 0 Å². The second kappa shape index (κ2) is 25.4. The van der Waals surface area contributed by atoms with E-state index in [0.717, 1.165) is 5.34 Å². The summed E-state index contributed by atoms with van der Waals surface area (Å²) in [5, 5.41) is 44.2. The van der Waals surface area contributed by atoms with Gasteiger partial charge in [-0.15, -0.1) is 0 Å². The minimum Gasteiger partial charge on any atom is -0.411 e. The molecule has 4 N–H and O–H groups in total. The van der Waals surface area contributed by atoms with Crippen molar-refractivity contribution < 1.29 is 37.6 Å². The van der Waals surface area contributed by atoms with Gasteiger partial charge in [0.15, 0.2) is 0 Å². The van der Waals surface area contributed by atoms with E-state index in [9.17, 15) is 0 Å². The Morgan fingerprint density at radius 1 is 0.692 bits per heavy atom. The number of hydrogen-bond acceptors (Lipinski definition) is 9. The molecule has 0 bridgehead atoms. The van der Waals surface area contributed by atoms with Crippen LogP contribution in [0.3, 0.4) is 0 Å². The third-order valence-corrected chi connectivity index (χ3v) is 2.21. The van der Waals surface area contributed by atoms with Gasteiger partial charge < -0.3 is 44.0 Å². The fraction of sp³-hybridized carbons (Fsp3) is 0.286. The summed E-state index contributed by atoms with van der Waals surface area (Å²) in [5.41, 5.74) is 1.25. The molecule has 0 unspecified atom stereocenters. The molecular formula is C14H22Cl2CoN5O4-. The van der Waals surface area contributed by atoms with Crippen molar-refractivity contribution >= 4 is 46.0 Å². The molecule has 12 heteroatoms. The SMILES string of the molecule is CC(=N\O)/C(C)=N/O.CC(=N\O)/C(C)=N/O.Cl[CH-]Cl.[Co].c1ccncc1. The average molecular weight is 454 g/mol. The maximum absolute atomic E-state index is 8.03. The Labute approximate surface area is 172 Å². The second-order valence-corrected chi connectivity index (χ2v) is 4.51. The molecule has 1 aromatic rings. The van der Waals surface area contributed by atoms with Crippen LogP contribution in [0.15, 0.2) is 51.2 Å². The third kappa shape index (κ3) is 24.4. The van der Waals surface area contributed by atoms with Crippen molar-refractivity contribution in [3.05, 3.63) is 35.9 Å². The van der Waals surface area contributed by atoms with Crippen molar-refractivity contribution in [3.8, 4) is 0 Å². The minimum absolute atomic E-state index is 0. The maximum Gasteiger partial charge on any atom is 0.101 e. The van der Waals surface area contributed by atoms with E-state index < -0.39 is 0 Å². The van der Waals surface area contributed by atoms with Crippen LogP contribution >= 0.6 is 23.2 Å². The molecule has 0 saturated heterocycles. The number of halogens is 2. The van der Waals surface area contributed by atoms with Crippen LogP contribution in [-0.2, 0) is 16.8 Å². The zero-order valence-corrected chi connectivity index (χ0v) is 17.1. The number of aromatic nitrogens is 1. The quantitative estimate of drug-likeness (QED) is 0.231. The average Bonchev–Trinajstić information content (AvgIpc) is 2.68. The van der Waals surface area contributed by atoms with Gasteiger partial charge in [0, 0.05) is 29.2 Å². The Morgan fingerprint density at radius 3 is 1.00 bits per heavy atom. The summed E-state index contributed by atoms with van der Waals surface area (Å²) in [6, 6.07) is 5.72. The summed E-state index contributed by atoms with van der Waals surface area (Å²) in [4.78, 5) is 3.78. The van der Waals surface area contributed by atoms with E-state index in [1.54, 1.807) is 12.4 Å². The zero-order valence-electron chi connectivity index (χ0n) is 14.6. The number of nitrogens with zero attached hydrogens (tertiary/aromatic N) is 5. The van der Waals surface area contributed by atoms with Gasteiger partial charge in [0.25, 0.3) is 0 Å². The van der Waals surface area contributed by atoms with Crippen molar-refractivity contribution in [2.24, 2.45) is 20.6 Å². The van der Waals surface area contributed by atoms with Gasteiger partial charge in [-0.1, -0.05) is 26.7 Å². The van der Waals surface area contributed by atoms with Crippen LogP contribution in [0.1, 0.15) is 27.7 Å². The van der Waals surface area contributed by atoms with Crippen molar-refractivity contribution in [2.75, 3.05) is 0 Å². The predicted molar refractivity (Wildman–Crippen MR) is 99.8 cm³/mol. The van der Waals surface area contributed by atoms with E-state index in [4.69, 9.17) is 20.8 Å². The fourth-order valence-electron chi connectivity index (χ4n) is 0.602. The fourth-order valence-corrected chi connectivity index (χ4v) is 0.602. The van der Waals surface area contributed by atoms with Crippen LogP contribution in [0.4, 0.5) is 0 Å². The van der Waals surface area contributed by atoms with E-state index in [1.807, 2.05) is 18.2 Å². The second-order valence-electron chi connectivity index (χ2n) is 3.85. The molecule has 0 saturated carbocycles. The van der Waals surface area contributed by atoms with Crippen LogP contribution in [0, 0.1) is 5.34 Å². The van der Waals surface area contributed by atoms with Crippen molar-refractivity contribution in [1.29, 1.82) is 0 Å². The predicted octanol–water partition coefficient (Wildman–Crippen LogP) is 4.04. The summed E-state index contributed by atoms with van der Waals surface area (Å²) in [7, 11) is 0. The van der Waals surface area contributed by atoms with Gasteiger partial charge >= 0.3 is 0 Å². The molecule has 1 heterocycles. The van der Waals surface area contributed by atoms with E-state index >= 15 is 0 Å². The topological polar surface area (TPSA) is 143 Å². The molecule has 26 heavy (non-hydrogen) atoms. The third-order valence-electron chi connectivity index (χ3n) is 2.21. The summed E-state index contributed by atoms with van der Waals surface area (Å²) < 4.78 is 0. The van der Waals surface area contributed by atoms with Crippen LogP contribution < -0.4 is 0 Å². The van der Waals surface area contributed by atoms with Gasteiger partial charge in [0.2, 0.25) is 0 Å². The van der Waals surface area contributed by atoms with E-state index in [2.05, 4.69) is 48.8 Å². The van der Waals surface area contributed by atoms with Gasteiger partial charge in [-0.05, 0) is 39.8 Å². The smallest absolute Gasteiger partial charge is 0.101 e. The molecule has 0 aliphatic rings. The monoisotopic (exact) mass is 453 g/mol. The van der Waals surface area contributed by atoms with Gasteiger partial charge in [0.05, 0.1) is 0 Å². The van der Waals surface area contributed by atoms with E-state index in [1.165, 1.54) is 27.7 Å². The molecule has 0 spiro atoms. The molecular weight excluding hydrogens is 432 g/mol. The van der Waals surface area contributed by atoms with Crippen molar-refractivity contribution in [1.82, 2.24) is 4.98 Å². The molecule has 0 amide bonds. The number of oxime groups is 4. The van der Waals surface area contributed by atoms with Crippen LogP contribution in [0.25, 0.3) is 0 Å². The Morgan fingerprint density at radius 2 is 0.923 bits per heavy atom. The van der Waals surface area contributed by atoms with Gasteiger partial charge in [-0.25, -0.2) is 0 Å². The molecule has 0 aromatic carbocycles. The molecule has 9 nitrogen and oxygen atoms in total. The summed E-state index contributed by atoms with van der Waals surface area (Å²) in [5.74, 6) is 0. The Hall–Kier alpha value is -1.88. The van der Waals surface area contributed by atoms with Crippen LogP contribution in [0.2, 0.25) is 0 Å². The van der Waals surface area contributed by atoms with Gasteiger partial charge in [-0.2, -0.15) is 5.34 Å². The van der Waals surface area contributed by atoms with E-state index in [0.29, 0.717) is 22.8 Å². The summed E-state index contributed by atoms with van der Waals surface area (Å²) in [6.07, 6.45) is 3.50. The largest absolute Gasteiger partial charge is 0.411 e. The first-order valence-electron chi connectivity index (χ1n) is 6.48. The maximum atomic E-state index is 8.03. The Kier molecular flexibility index (Phi) is 31.1. The minimum atomic E-state index is 0. The summed E-state index contributed by atoms with van der Waals surface area (Å²) >= 11 is 9.28. The number of pyridine rings is 1. The number of hydrogen-bond donors (Lipinski definition) is 4. The molecule has 1 radical (unpaired) electrons.